The number of hydrogen-bond donors (Lipinski definition) is 2. The third-order valence-corrected chi connectivity index (χ3v) is 5.76. The van der Waals surface area contributed by atoms with Gasteiger partial charge in [0.05, 0.1) is 53.9 Å². The lowest BCUT2D eigenvalue weighted by Crippen LogP contribution is -2.08. The minimum atomic E-state index is -0.379. The molecule has 0 heterocycles. The zero-order valence-corrected chi connectivity index (χ0v) is 23.2. The minimum Gasteiger partial charge on any atom is -0.496 e. The van der Waals surface area contributed by atoms with E-state index in [9.17, 15) is 9.59 Å². The molecule has 0 fully saturated rings. The summed E-state index contributed by atoms with van der Waals surface area (Å²) in [5, 5.41) is 5.84. The Balaban J connectivity index is 1.73. The van der Waals surface area contributed by atoms with Crippen LogP contribution in [0.1, 0.15) is 15.9 Å². The summed E-state index contributed by atoms with van der Waals surface area (Å²) in [6.45, 7) is 0. The van der Waals surface area contributed by atoms with E-state index >= 15 is 0 Å². The van der Waals surface area contributed by atoms with Gasteiger partial charge in [0.1, 0.15) is 23.0 Å². The molecule has 0 bridgehead atoms. The molecule has 0 saturated carbocycles. The van der Waals surface area contributed by atoms with Crippen molar-refractivity contribution >= 4 is 29.1 Å². The number of rotatable bonds is 13. The molecule has 0 aromatic heterocycles. The molecule has 3 aromatic carbocycles. The number of methoxy groups -OCH3 is 6. The summed E-state index contributed by atoms with van der Waals surface area (Å²) in [4.78, 5) is 25.3. The lowest BCUT2D eigenvalue weighted by Gasteiger charge is -2.13. The van der Waals surface area contributed by atoms with Crippen molar-refractivity contribution in [3.8, 4) is 34.5 Å². The van der Waals surface area contributed by atoms with Crippen LogP contribution in [0.5, 0.6) is 34.5 Å². The third-order valence-electron chi connectivity index (χ3n) is 5.76. The molecule has 3 aromatic rings. The van der Waals surface area contributed by atoms with Crippen molar-refractivity contribution in [3.05, 3.63) is 78.0 Å². The average molecular weight is 549 g/mol. The molecular weight excluding hydrogens is 516 g/mol. The fourth-order valence-electron chi connectivity index (χ4n) is 3.73. The highest BCUT2D eigenvalue weighted by Crippen LogP contribution is 2.35. The highest BCUT2D eigenvalue weighted by atomic mass is 16.5. The van der Waals surface area contributed by atoms with E-state index in [1.165, 1.54) is 53.9 Å². The summed E-state index contributed by atoms with van der Waals surface area (Å²) >= 11 is 0. The first-order valence-electron chi connectivity index (χ1n) is 12.0. The molecule has 210 valence electrons. The van der Waals surface area contributed by atoms with Gasteiger partial charge in [-0.05, 0) is 42.5 Å². The average Bonchev–Trinajstić information content (AvgIpc) is 2.99. The summed E-state index contributed by atoms with van der Waals surface area (Å²) in [5.41, 5.74) is 2.06. The van der Waals surface area contributed by atoms with Crippen LogP contribution < -0.4 is 39.1 Å². The van der Waals surface area contributed by atoms with Gasteiger partial charge >= 0.3 is 0 Å². The van der Waals surface area contributed by atoms with E-state index in [0.717, 1.165) is 0 Å². The Morgan fingerprint density at radius 1 is 0.650 bits per heavy atom. The Morgan fingerprint density at radius 2 is 1.27 bits per heavy atom. The maximum Gasteiger partial charge on any atom is 0.248 e. The first kappa shape index (κ1) is 29.4. The molecule has 0 radical (unpaired) electrons. The summed E-state index contributed by atoms with van der Waals surface area (Å²) in [5.74, 6) is 2.43. The van der Waals surface area contributed by atoms with Crippen molar-refractivity contribution in [1.29, 1.82) is 0 Å². The van der Waals surface area contributed by atoms with Crippen molar-refractivity contribution in [3.63, 3.8) is 0 Å². The predicted molar refractivity (Wildman–Crippen MR) is 153 cm³/mol. The third kappa shape index (κ3) is 7.25. The zero-order valence-electron chi connectivity index (χ0n) is 23.2. The Morgan fingerprint density at radius 3 is 1.88 bits per heavy atom. The standard InChI is InChI=1S/C30H32N2O8/c1-35-21-17-27(38-4)22(28(18-21)39-5)9-12-30(34)32-20-8-11-25(36-2)23(16-20)31-14-13-24(33)19-7-10-26(37-3)29(15-19)40-6/h7-18,31H,1-6H3,(H,32,34). The number of allylic oxidation sites excluding steroid dienone is 1. The second-order valence-corrected chi connectivity index (χ2v) is 8.09. The van der Waals surface area contributed by atoms with Crippen LogP contribution in [-0.2, 0) is 4.79 Å². The molecule has 0 aliphatic rings. The maximum atomic E-state index is 12.7. The lowest BCUT2D eigenvalue weighted by atomic mass is 10.1. The van der Waals surface area contributed by atoms with Gasteiger partial charge in [-0.25, -0.2) is 0 Å². The largest absolute Gasteiger partial charge is 0.496 e. The number of hydrogen-bond acceptors (Lipinski definition) is 9. The Labute approximate surface area is 233 Å². The SMILES string of the molecule is COc1cc(OC)c(C=CC(=O)Nc2ccc(OC)c(NC=CC(=O)c3ccc(OC)c(OC)c3)c2)c(OC)c1. The van der Waals surface area contributed by atoms with Gasteiger partial charge in [0.25, 0.3) is 0 Å². The van der Waals surface area contributed by atoms with Gasteiger partial charge in [-0.2, -0.15) is 0 Å². The van der Waals surface area contributed by atoms with Gasteiger partial charge in [0, 0.05) is 41.7 Å². The van der Waals surface area contributed by atoms with Crippen molar-refractivity contribution in [2.75, 3.05) is 53.3 Å². The quantitative estimate of drug-likeness (QED) is 0.220. The summed E-state index contributed by atoms with van der Waals surface area (Å²) in [6.07, 6.45) is 5.83. The van der Waals surface area contributed by atoms with Crippen LogP contribution in [-0.4, -0.2) is 54.3 Å². The van der Waals surface area contributed by atoms with Crippen LogP contribution in [0, 0.1) is 0 Å². The highest BCUT2D eigenvalue weighted by Gasteiger charge is 2.12. The molecule has 10 nitrogen and oxygen atoms in total. The van der Waals surface area contributed by atoms with E-state index in [0.29, 0.717) is 57.0 Å². The maximum absolute atomic E-state index is 12.7. The van der Waals surface area contributed by atoms with E-state index in [-0.39, 0.29) is 11.7 Å². The fourth-order valence-corrected chi connectivity index (χ4v) is 3.73. The van der Waals surface area contributed by atoms with Crippen LogP contribution >= 0.6 is 0 Å². The molecule has 1 amide bonds. The zero-order chi connectivity index (χ0) is 29.1. The van der Waals surface area contributed by atoms with Gasteiger partial charge in [0.15, 0.2) is 17.3 Å². The van der Waals surface area contributed by atoms with Gasteiger partial charge in [-0.3, -0.25) is 9.59 Å². The lowest BCUT2D eigenvalue weighted by molar-refractivity contribution is -0.111. The van der Waals surface area contributed by atoms with Crippen molar-refractivity contribution in [1.82, 2.24) is 0 Å². The Hall–Kier alpha value is -5.12. The normalized spacial score (nSPS) is 10.8. The van der Waals surface area contributed by atoms with Crippen LogP contribution in [0.3, 0.4) is 0 Å². The number of anilines is 2. The van der Waals surface area contributed by atoms with E-state index in [2.05, 4.69) is 10.6 Å². The molecule has 3 rings (SSSR count). The molecule has 10 heteroatoms. The number of ether oxygens (including phenoxy) is 6. The van der Waals surface area contributed by atoms with Crippen molar-refractivity contribution < 1.29 is 38.0 Å². The first-order chi connectivity index (χ1) is 19.4. The Kier molecular flexibility index (Phi) is 10.4. The van der Waals surface area contributed by atoms with E-state index in [1.807, 2.05) is 0 Å². The smallest absolute Gasteiger partial charge is 0.248 e. The van der Waals surface area contributed by atoms with Crippen molar-refractivity contribution in [2.45, 2.75) is 0 Å². The van der Waals surface area contributed by atoms with Crippen LogP contribution in [0.4, 0.5) is 11.4 Å². The summed E-state index contributed by atoms with van der Waals surface area (Å²) in [6, 6.07) is 13.4. The Bertz CT molecular complexity index is 1390. The molecule has 0 spiro atoms. The molecule has 2 N–H and O–H groups in total. The monoisotopic (exact) mass is 548 g/mol. The number of carbonyl (C=O) groups excluding carboxylic acids is 2. The predicted octanol–water partition coefficient (Wildman–Crippen LogP) is 5.20. The molecular formula is C30H32N2O8. The van der Waals surface area contributed by atoms with E-state index in [1.54, 1.807) is 61.7 Å². The first-order valence-corrected chi connectivity index (χ1v) is 12.0. The highest BCUT2D eigenvalue weighted by molar-refractivity contribution is 6.05. The topological polar surface area (TPSA) is 114 Å². The summed E-state index contributed by atoms with van der Waals surface area (Å²) in [7, 11) is 9.14. The second-order valence-electron chi connectivity index (χ2n) is 8.09. The van der Waals surface area contributed by atoms with E-state index < -0.39 is 0 Å². The molecule has 0 saturated heterocycles. The fraction of sp³-hybridized carbons (Fsp3) is 0.200. The van der Waals surface area contributed by atoms with E-state index in [4.69, 9.17) is 28.4 Å². The number of ketones is 1. The van der Waals surface area contributed by atoms with Gasteiger partial charge in [-0.15, -0.1) is 0 Å². The van der Waals surface area contributed by atoms with Gasteiger partial charge in [0.2, 0.25) is 5.91 Å². The molecule has 40 heavy (non-hydrogen) atoms. The number of nitrogens with one attached hydrogen (secondary N) is 2. The van der Waals surface area contributed by atoms with Crippen molar-refractivity contribution in [2.24, 2.45) is 0 Å². The number of amides is 1. The van der Waals surface area contributed by atoms with Crippen LogP contribution in [0.25, 0.3) is 6.08 Å². The molecule has 0 unspecified atom stereocenters. The minimum absolute atomic E-state index is 0.244. The van der Waals surface area contributed by atoms with Gasteiger partial charge < -0.3 is 39.1 Å². The summed E-state index contributed by atoms with van der Waals surface area (Å²) < 4.78 is 32.0. The second kappa shape index (κ2) is 14.1. The molecule has 0 aliphatic heterocycles. The number of carbonyl (C=O) groups is 2. The van der Waals surface area contributed by atoms with Gasteiger partial charge in [-0.1, -0.05) is 0 Å². The number of benzene rings is 3. The van der Waals surface area contributed by atoms with Crippen LogP contribution in [0.2, 0.25) is 0 Å². The van der Waals surface area contributed by atoms with Crippen LogP contribution in [0.15, 0.2) is 66.9 Å². The molecule has 0 atom stereocenters. The molecule has 0 aliphatic carbocycles.